The van der Waals surface area contributed by atoms with Gasteiger partial charge in [-0.25, -0.2) is 4.98 Å². The second-order valence-corrected chi connectivity index (χ2v) is 3.37. The van der Waals surface area contributed by atoms with Crippen LogP contribution in [0, 0.1) is 0 Å². The Bertz CT molecular complexity index is 510. The lowest BCUT2D eigenvalue weighted by Crippen LogP contribution is -2.02. The molecular formula is C11H11N5. The summed E-state index contributed by atoms with van der Waals surface area (Å²) in [5.74, 6) is 0.740. The van der Waals surface area contributed by atoms with Crippen LogP contribution >= 0.6 is 0 Å². The quantitative estimate of drug-likeness (QED) is 0.438. The Morgan fingerprint density at radius 1 is 1.38 bits per heavy atom. The summed E-state index contributed by atoms with van der Waals surface area (Å²) < 4.78 is 1.92. The van der Waals surface area contributed by atoms with Gasteiger partial charge in [-0.2, -0.15) is 0 Å². The van der Waals surface area contributed by atoms with E-state index >= 15 is 0 Å². The fourth-order valence-electron chi connectivity index (χ4n) is 1.56. The first kappa shape index (κ1) is 10.3. The molecule has 80 valence electrons. The summed E-state index contributed by atoms with van der Waals surface area (Å²) in [6.07, 6.45) is 3.56. The molecule has 2 rings (SSSR count). The van der Waals surface area contributed by atoms with Gasteiger partial charge >= 0.3 is 0 Å². The van der Waals surface area contributed by atoms with E-state index in [4.69, 9.17) is 5.53 Å². The van der Waals surface area contributed by atoms with Gasteiger partial charge in [0.2, 0.25) is 0 Å². The molecule has 1 aromatic heterocycles. The van der Waals surface area contributed by atoms with E-state index < -0.39 is 0 Å². The Morgan fingerprint density at radius 2 is 2.12 bits per heavy atom. The molecule has 0 fully saturated rings. The molecule has 5 nitrogen and oxygen atoms in total. The van der Waals surface area contributed by atoms with Crippen LogP contribution in [0.15, 0.2) is 47.8 Å². The topological polar surface area (TPSA) is 66.6 Å². The Kier molecular flexibility index (Phi) is 2.89. The summed E-state index contributed by atoms with van der Waals surface area (Å²) in [5, 5.41) is 3.65. The second-order valence-electron chi connectivity index (χ2n) is 3.37. The highest BCUT2D eigenvalue weighted by Gasteiger charge is 2.10. The van der Waals surface area contributed by atoms with Crippen molar-refractivity contribution in [2.45, 2.75) is 13.0 Å². The number of benzene rings is 1. The zero-order valence-electron chi connectivity index (χ0n) is 8.85. The molecule has 1 atom stereocenters. The number of para-hydroxylation sites is 1. The lowest BCUT2D eigenvalue weighted by atomic mass is 10.3. The van der Waals surface area contributed by atoms with Gasteiger partial charge < -0.3 is 4.57 Å². The molecule has 0 amide bonds. The zero-order chi connectivity index (χ0) is 11.4. The first-order valence-electron chi connectivity index (χ1n) is 4.96. The first-order valence-corrected chi connectivity index (χ1v) is 4.96. The largest absolute Gasteiger partial charge is 0.303 e. The maximum atomic E-state index is 8.42. The molecule has 0 aliphatic rings. The molecule has 16 heavy (non-hydrogen) atoms. The van der Waals surface area contributed by atoms with Crippen LogP contribution in [-0.2, 0) is 0 Å². The molecule has 0 radical (unpaired) electrons. The average Bonchev–Trinajstić information content (AvgIpc) is 2.79. The lowest BCUT2D eigenvalue weighted by molar-refractivity contribution is 0.715. The molecule has 1 heterocycles. The molecule has 0 saturated heterocycles. The third-order valence-electron chi connectivity index (χ3n) is 2.30. The maximum Gasteiger partial charge on any atom is 0.121 e. The van der Waals surface area contributed by atoms with Crippen molar-refractivity contribution in [3.8, 4) is 5.69 Å². The normalized spacial score (nSPS) is 11.8. The zero-order valence-corrected chi connectivity index (χ0v) is 8.85. The monoisotopic (exact) mass is 213 g/mol. The Hall–Kier alpha value is -2.26. The molecule has 1 aromatic carbocycles. The third kappa shape index (κ3) is 1.89. The van der Waals surface area contributed by atoms with Crippen LogP contribution in [-0.4, -0.2) is 9.55 Å². The highest BCUT2D eigenvalue weighted by molar-refractivity contribution is 5.33. The van der Waals surface area contributed by atoms with Crippen LogP contribution in [0.2, 0.25) is 0 Å². The van der Waals surface area contributed by atoms with Crippen molar-refractivity contribution >= 4 is 0 Å². The van der Waals surface area contributed by atoms with E-state index in [1.165, 1.54) is 0 Å². The van der Waals surface area contributed by atoms with Gasteiger partial charge in [-0.3, -0.25) is 0 Å². The Balaban J connectivity index is 2.44. The van der Waals surface area contributed by atoms with E-state index in [0.717, 1.165) is 11.5 Å². The standard InChI is InChI=1S/C11H11N5/c1-9(14-15-12)11-13-7-8-16(11)10-5-3-2-4-6-10/h2-9H,1H3. The van der Waals surface area contributed by atoms with E-state index in [0.29, 0.717) is 0 Å². The summed E-state index contributed by atoms with van der Waals surface area (Å²) >= 11 is 0. The minimum Gasteiger partial charge on any atom is -0.303 e. The predicted octanol–water partition coefficient (Wildman–Crippen LogP) is 3.24. The minimum absolute atomic E-state index is 0.278. The van der Waals surface area contributed by atoms with Crippen molar-refractivity contribution in [2.24, 2.45) is 5.11 Å². The predicted molar refractivity (Wildman–Crippen MR) is 61.1 cm³/mol. The van der Waals surface area contributed by atoms with Crippen LogP contribution in [0.4, 0.5) is 0 Å². The maximum absolute atomic E-state index is 8.42. The van der Waals surface area contributed by atoms with Gasteiger partial charge in [0, 0.05) is 23.0 Å². The van der Waals surface area contributed by atoms with Gasteiger partial charge in [-0.1, -0.05) is 23.3 Å². The van der Waals surface area contributed by atoms with Crippen molar-refractivity contribution < 1.29 is 0 Å². The van der Waals surface area contributed by atoms with E-state index in [9.17, 15) is 0 Å². The van der Waals surface area contributed by atoms with Crippen LogP contribution in [0.1, 0.15) is 18.8 Å². The summed E-state index contributed by atoms with van der Waals surface area (Å²) in [5.41, 5.74) is 9.43. The van der Waals surface area contributed by atoms with Crippen molar-refractivity contribution in [2.75, 3.05) is 0 Å². The summed E-state index contributed by atoms with van der Waals surface area (Å²) in [4.78, 5) is 7.01. The van der Waals surface area contributed by atoms with E-state index in [1.807, 2.05) is 48.0 Å². The lowest BCUT2D eigenvalue weighted by Gasteiger charge is -2.09. The molecule has 0 bridgehead atoms. The van der Waals surface area contributed by atoms with Crippen molar-refractivity contribution in [1.82, 2.24) is 9.55 Å². The summed E-state index contributed by atoms with van der Waals surface area (Å²) in [6.45, 7) is 1.82. The molecule has 2 aromatic rings. The van der Waals surface area contributed by atoms with E-state index in [-0.39, 0.29) is 6.04 Å². The van der Waals surface area contributed by atoms with Gasteiger partial charge in [-0.05, 0) is 24.6 Å². The van der Waals surface area contributed by atoms with Gasteiger partial charge in [0.25, 0.3) is 0 Å². The average molecular weight is 213 g/mol. The number of imidazole rings is 1. The number of azide groups is 1. The van der Waals surface area contributed by atoms with Crippen LogP contribution in [0.25, 0.3) is 16.1 Å². The third-order valence-corrected chi connectivity index (χ3v) is 2.30. The number of rotatable bonds is 3. The van der Waals surface area contributed by atoms with Crippen LogP contribution < -0.4 is 0 Å². The van der Waals surface area contributed by atoms with Crippen molar-refractivity contribution in [3.05, 3.63) is 59.0 Å². The molecular weight excluding hydrogens is 202 g/mol. The van der Waals surface area contributed by atoms with E-state index in [1.54, 1.807) is 6.20 Å². The SMILES string of the molecule is CC(N=[N+]=[N-])c1nccn1-c1ccccc1. The summed E-state index contributed by atoms with van der Waals surface area (Å²) in [6, 6.07) is 9.55. The number of nitrogens with zero attached hydrogens (tertiary/aromatic N) is 5. The van der Waals surface area contributed by atoms with Gasteiger partial charge in [-0.15, -0.1) is 0 Å². The fraction of sp³-hybridized carbons (Fsp3) is 0.182. The number of hydrogen-bond acceptors (Lipinski definition) is 2. The molecule has 0 saturated carbocycles. The van der Waals surface area contributed by atoms with Crippen molar-refractivity contribution in [3.63, 3.8) is 0 Å². The fourth-order valence-corrected chi connectivity index (χ4v) is 1.56. The van der Waals surface area contributed by atoms with Gasteiger partial charge in [0.05, 0.1) is 6.04 Å². The second kappa shape index (κ2) is 4.51. The summed E-state index contributed by atoms with van der Waals surface area (Å²) in [7, 11) is 0. The number of aromatic nitrogens is 2. The van der Waals surface area contributed by atoms with Crippen LogP contribution in [0.3, 0.4) is 0 Å². The molecule has 1 unspecified atom stereocenters. The highest BCUT2D eigenvalue weighted by Crippen LogP contribution is 2.18. The minimum atomic E-state index is -0.278. The molecule has 0 N–H and O–H groups in total. The highest BCUT2D eigenvalue weighted by atomic mass is 15.2. The van der Waals surface area contributed by atoms with Crippen LogP contribution in [0.5, 0.6) is 0 Å². The Morgan fingerprint density at radius 3 is 2.81 bits per heavy atom. The van der Waals surface area contributed by atoms with Crippen molar-refractivity contribution in [1.29, 1.82) is 0 Å². The molecule has 0 aliphatic carbocycles. The smallest absolute Gasteiger partial charge is 0.121 e. The number of hydrogen-bond donors (Lipinski definition) is 0. The molecule has 0 aliphatic heterocycles. The first-order chi connectivity index (χ1) is 7.83. The van der Waals surface area contributed by atoms with Gasteiger partial charge in [0.15, 0.2) is 0 Å². The van der Waals surface area contributed by atoms with Gasteiger partial charge in [0.1, 0.15) is 5.82 Å². The van der Waals surface area contributed by atoms with E-state index in [2.05, 4.69) is 15.0 Å². The Labute approximate surface area is 93.0 Å². The molecule has 5 heteroatoms. The molecule has 0 spiro atoms.